The first-order valence-electron chi connectivity index (χ1n) is 11.2. The van der Waals surface area contributed by atoms with Gasteiger partial charge in [0.2, 0.25) is 10.0 Å². The molecule has 5 nitrogen and oxygen atoms in total. The number of hydrogen-bond acceptors (Lipinski definition) is 3. The largest absolute Gasteiger partial charge is 0.352 e. The monoisotopic (exact) mass is 482 g/mol. The topological polar surface area (TPSA) is 66.5 Å². The molecule has 0 bridgehead atoms. The van der Waals surface area contributed by atoms with Crippen molar-refractivity contribution in [3.8, 4) is 0 Å². The standard InChI is InChI=1S/C27H31FN2O3S/c1-19(2)25-7-5-6-20(3)26(25)30(34(4,32)33)18-22-8-12-23(13-9-22)27(31)29-17-16-21-10-14-24(28)15-11-21/h5-15,19H,16-18H2,1-4H3,(H,29,31). The van der Waals surface area contributed by atoms with Gasteiger partial charge < -0.3 is 5.32 Å². The molecule has 1 N–H and O–H groups in total. The van der Waals surface area contributed by atoms with Gasteiger partial charge in [0.05, 0.1) is 18.5 Å². The van der Waals surface area contributed by atoms with Crippen LogP contribution in [0.15, 0.2) is 66.7 Å². The molecule has 0 aliphatic heterocycles. The average molecular weight is 483 g/mol. The Morgan fingerprint density at radius 1 is 0.971 bits per heavy atom. The Balaban J connectivity index is 1.72. The van der Waals surface area contributed by atoms with E-state index in [0.29, 0.717) is 24.2 Å². The molecule has 0 spiro atoms. The zero-order valence-corrected chi connectivity index (χ0v) is 20.8. The smallest absolute Gasteiger partial charge is 0.251 e. The van der Waals surface area contributed by atoms with Crippen molar-refractivity contribution in [1.82, 2.24) is 5.32 Å². The number of rotatable bonds is 9. The summed E-state index contributed by atoms with van der Waals surface area (Å²) in [5, 5.41) is 2.86. The Bertz CT molecular complexity index is 1240. The Hall–Kier alpha value is -3.19. The molecule has 0 atom stereocenters. The molecule has 0 unspecified atom stereocenters. The van der Waals surface area contributed by atoms with E-state index in [2.05, 4.69) is 5.32 Å². The van der Waals surface area contributed by atoms with E-state index >= 15 is 0 Å². The number of para-hydroxylation sites is 1. The van der Waals surface area contributed by atoms with Gasteiger partial charge in [-0.15, -0.1) is 0 Å². The van der Waals surface area contributed by atoms with Crippen molar-refractivity contribution in [1.29, 1.82) is 0 Å². The van der Waals surface area contributed by atoms with Crippen LogP contribution in [0.4, 0.5) is 10.1 Å². The van der Waals surface area contributed by atoms with Crippen LogP contribution in [-0.4, -0.2) is 27.1 Å². The lowest BCUT2D eigenvalue weighted by Crippen LogP contribution is -2.31. The molecule has 180 valence electrons. The van der Waals surface area contributed by atoms with E-state index in [1.165, 1.54) is 22.7 Å². The molecule has 7 heteroatoms. The zero-order chi connectivity index (χ0) is 24.9. The van der Waals surface area contributed by atoms with Gasteiger partial charge in [-0.1, -0.05) is 56.3 Å². The highest BCUT2D eigenvalue weighted by Crippen LogP contribution is 2.33. The van der Waals surface area contributed by atoms with Crippen molar-refractivity contribution in [2.75, 3.05) is 17.1 Å². The van der Waals surface area contributed by atoms with Crippen LogP contribution in [0.5, 0.6) is 0 Å². The first-order valence-corrected chi connectivity index (χ1v) is 13.1. The minimum atomic E-state index is -3.53. The maximum atomic E-state index is 13.0. The molecule has 3 aromatic rings. The SMILES string of the molecule is Cc1cccc(C(C)C)c1N(Cc1ccc(C(=O)NCCc2ccc(F)cc2)cc1)S(C)(=O)=O. The fourth-order valence-corrected chi connectivity index (χ4v) is 4.82. The van der Waals surface area contributed by atoms with E-state index in [1.54, 1.807) is 36.4 Å². The first kappa shape index (κ1) is 25.4. The highest BCUT2D eigenvalue weighted by Gasteiger charge is 2.23. The number of carbonyl (C=O) groups excluding carboxylic acids is 1. The zero-order valence-electron chi connectivity index (χ0n) is 20.0. The molecule has 0 aromatic heterocycles. The number of halogens is 1. The van der Waals surface area contributed by atoms with Gasteiger partial charge in [0.15, 0.2) is 0 Å². The average Bonchev–Trinajstić information content (AvgIpc) is 2.78. The summed E-state index contributed by atoms with van der Waals surface area (Å²) in [4.78, 5) is 12.5. The van der Waals surface area contributed by atoms with Crippen molar-refractivity contribution in [3.05, 3.63) is 100 Å². The summed E-state index contributed by atoms with van der Waals surface area (Å²) < 4.78 is 39.9. The second kappa shape index (κ2) is 10.8. The number of nitrogens with zero attached hydrogens (tertiary/aromatic N) is 1. The predicted octanol–water partition coefficient (Wildman–Crippen LogP) is 5.20. The van der Waals surface area contributed by atoms with Crippen LogP contribution >= 0.6 is 0 Å². The van der Waals surface area contributed by atoms with Gasteiger partial charge in [0.25, 0.3) is 5.91 Å². The molecule has 0 aliphatic rings. The third-order valence-corrected chi connectivity index (χ3v) is 6.81. The van der Waals surface area contributed by atoms with Gasteiger partial charge in [-0.25, -0.2) is 12.8 Å². The van der Waals surface area contributed by atoms with Crippen LogP contribution in [0.2, 0.25) is 0 Å². The highest BCUT2D eigenvalue weighted by molar-refractivity contribution is 7.92. The first-order chi connectivity index (χ1) is 16.1. The number of benzene rings is 3. The summed E-state index contributed by atoms with van der Waals surface area (Å²) in [5.41, 5.74) is 4.80. The number of nitrogens with one attached hydrogen (secondary N) is 1. The summed E-state index contributed by atoms with van der Waals surface area (Å²) in [5.74, 6) is -0.333. The van der Waals surface area contributed by atoms with Crippen molar-refractivity contribution in [2.45, 2.75) is 39.7 Å². The lowest BCUT2D eigenvalue weighted by Gasteiger charge is -2.28. The molecular weight excluding hydrogens is 451 g/mol. The van der Waals surface area contributed by atoms with E-state index in [-0.39, 0.29) is 24.2 Å². The Morgan fingerprint density at radius 2 is 1.59 bits per heavy atom. The number of hydrogen-bond donors (Lipinski definition) is 1. The molecule has 0 saturated carbocycles. The third kappa shape index (κ3) is 6.44. The van der Waals surface area contributed by atoms with E-state index in [0.717, 1.165) is 22.3 Å². The van der Waals surface area contributed by atoms with Crippen molar-refractivity contribution >= 4 is 21.6 Å². The van der Waals surface area contributed by atoms with Gasteiger partial charge >= 0.3 is 0 Å². The Morgan fingerprint density at radius 3 is 2.18 bits per heavy atom. The number of sulfonamides is 1. The Labute approximate surface area is 201 Å². The molecule has 3 rings (SSSR count). The Kier molecular flexibility index (Phi) is 8.10. The summed E-state index contributed by atoms with van der Waals surface area (Å²) in [7, 11) is -3.53. The lowest BCUT2D eigenvalue weighted by molar-refractivity contribution is 0.0954. The normalized spacial score (nSPS) is 11.5. The fraction of sp³-hybridized carbons (Fsp3) is 0.296. The molecule has 0 saturated heterocycles. The number of anilines is 1. The van der Waals surface area contributed by atoms with Crippen LogP contribution in [0.1, 0.15) is 52.4 Å². The molecule has 1 amide bonds. The maximum Gasteiger partial charge on any atom is 0.251 e. The summed E-state index contributed by atoms with van der Waals surface area (Å²) in [6.45, 7) is 6.61. The van der Waals surface area contributed by atoms with Crippen molar-refractivity contribution in [2.24, 2.45) is 0 Å². The molecule has 0 heterocycles. The number of amides is 1. The van der Waals surface area contributed by atoms with E-state index < -0.39 is 10.0 Å². The number of carbonyl (C=O) groups is 1. The highest BCUT2D eigenvalue weighted by atomic mass is 32.2. The second-order valence-electron chi connectivity index (χ2n) is 8.77. The summed E-state index contributed by atoms with van der Waals surface area (Å²) >= 11 is 0. The molecular formula is C27H31FN2O3S. The third-order valence-electron chi connectivity index (χ3n) is 5.70. The molecule has 0 fully saturated rings. The molecule has 0 aliphatic carbocycles. The van der Waals surface area contributed by atoms with Gasteiger partial charge in [-0.3, -0.25) is 9.10 Å². The minimum Gasteiger partial charge on any atom is -0.352 e. The molecule has 34 heavy (non-hydrogen) atoms. The summed E-state index contributed by atoms with van der Waals surface area (Å²) in [6, 6.07) is 19.0. The fourth-order valence-electron chi connectivity index (χ4n) is 3.85. The molecule has 0 radical (unpaired) electrons. The van der Waals surface area contributed by atoms with Crippen molar-refractivity contribution in [3.63, 3.8) is 0 Å². The second-order valence-corrected chi connectivity index (χ2v) is 10.7. The minimum absolute atomic E-state index is 0.167. The van der Waals surface area contributed by atoms with Gasteiger partial charge in [0.1, 0.15) is 5.82 Å². The van der Waals surface area contributed by atoms with Crippen LogP contribution < -0.4 is 9.62 Å². The van der Waals surface area contributed by atoms with Crippen LogP contribution in [0.3, 0.4) is 0 Å². The summed E-state index contributed by atoms with van der Waals surface area (Å²) in [6.07, 6.45) is 1.81. The van der Waals surface area contributed by atoms with Gasteiger partial charge in [0, 0.05) is 12.1 Å². The maximum absolute atomic E-state index is 13.0. The quantitative estimate of drug-likeness (QED) is 0.456. The number of aryl methyl sites for hydroxylation is 1. The van der Waals surface area contributed by atoms with E-state index in [9.17, 15) is 17.6 Å². The van der Waals surface area contributed by atoms with E-state index in [1.807, 2.05) is 39.0 Å². The van der Waals surface area contributed by atoms with Crippen LogP contribution in [0.25, 0.3) is 0 Å². The van der Waals surface area contributed by atoms with Gasteiger partial charge in [-0.05, 0) is 65.8 Å². The molecule has 3 aromatic carbocycles. The van der Waals surface area contributed by atoms with Crippen molar-refractivity contribution < 1.29 is 17.6 Å². The van der Waals surface area contributed by atoms with E-state index in [4.69, 9.17) is 0 Å². The predicted molar refractivity (Wildman–Crippen MR) is 135 cm³/mol. The van der Waals surface area contributed by atoms with Gasteiger partial charge in [-0.2, -0.15) is 0 Å². The van der Waals surface area contributed by atoms with Crippen LogP contribution in [-0.2, 0) is 23.0 Å². The van der Waals surface area contributed by atoms with Crippen LogP contribution in [0, 0.1) is 12.7 Å². The lowest BCUT2D eigenvalue weighted by atomic mass is 9.98.